The number of carbonyl (C=O) groups is 1. The Morgan fingerprint density at radius 3 is 2.44 bits per heavy atom. The lowest BCUT2D eigenvalue weighted by Gasteiger charge is -2.17. The van der Waals surface area contributed by atoms with Gasteiger partial charge in [0, 0.05) is 18.3 Å². The molecule has 0 fully saturated rings. The minimum Gasteiger partial charge on any atom is -0.494 e. The molecule has 1 unspecified atom stereocenters. The SMILES string of the molecule is CCOC(=O)C(Cc1ccc([N+](=O)[O-])cc1)c1ccc(OC)c(N=Cc2ccccc2)c1. The van der Waals surface area contributed by atoms with Crippen LogP contribution in [0.25, 0.3) is 0 Å². The average Bonchev–Trinajstić information content (AvgIpc) is 2.82. The molecule has 0 aromatic heterocycles. The normalized spacial score (nSPS) is 11.8. The van der Waals surface area contributed by atoms with Gasteiger partial charge in [-0.15, -0.1) is 0 Å². The van der Waals surface area contributed by atoms with Gasteiger partial charge in [0.25, 0.3) is 5.69 Å². The van der Waals surface area contributed by atoms with E-state index in [1.165, 1.54) is 12.1 Å². The number of aliphatic imine (C=N–C) groups is 1. The molecule has 0 aliphatic heterocycles. The van der Waals surface area contributed by atoms with Crippen molar-refractivity contribution in [2.45, 2.75) is 19.3 Å². The lowest BCUT2D eigenvalue weighted by atomic mass is 9.91. The van der Waals surface area contributed by atoms with Gasteiger partial charge in [-0.05, 0) is 42.2 Å². The molecule has 0 N–H and O–H groups in total. The summed E-state index contributed by atoms with van der Waals surface area (Å²) in [5.74, 6) is -0.374. The van der Waals surface area contributed by atoms with Crippen LogP contribution in [0.4, 0.5) is 11.4 Å². The summed E-state index contributed by atoms with van der Waals surface area (Å²) in [5, 5.41) is 10.9. The molecule has 3 aromatic carbocycles. The number of esters is 1. The number of methoxy groups -OCH3 is 1. The number of rotatable bonds is 9. The topological polar surface area (TPSA) is 91.0 Å². The minimum absolute atomic E-state index is 0.00316. The van der Waals surface area contributed by atoms with Crippen molar-refractivity contribution >= 4 is 23.6 Å². The maximum Gasteiger partial charge on any atom is 0.313 e. The van der Waals surface area contributed by atoms with Crippen LogP contribution >= 0.6 is 0 Å². The first-order valence-electron chi connectivity index (χ1n) is 10.2. The van der Waals surface area contributed by atoms with Gasteiger partial charge in [0.05, 0.1) is 24.6 Å². The van der Waals surface area contributed by atoms with Gasteiger partial charge in [0.2, 0.25) is 0 Å². The smallest absolute Gasteiger partial charge is 0.313 e. The van der Waals surface area contributed by atoms with Gasteiger partial charge in [-0.2, -0.15) is 0 Å². The highest BCUT2D eigenvalue weighted by Crippen LogP contribution is 2.33. The number of carbonyl (C=O) groups excluding carboxylic acids is 1. The second-order valence-corrected chi connectivity index (χ2v) is 7.03. The molecular formula is C25H24N2O5. The lowest BCUT2D eigenvalue weighted by Crippen LogP contribution is -2.18. The van der Waals surface area contributed by atoms with Crippen LogP contribution in [0, 0.1) is 10.1 Å². The van der Waals surface area contributed by atoms with E-state index >= 15 is 0 Å². The van der Waals surface area contributed by atoms with Crippen molar-refractivity contribution in [2.24, 2.45) is 4.99 Å². The number of nitro benzene ring substituents is 1. The van der Waals surface area contributed by atoms with E-state index in [1.54, 1.807) is 38.4 Å². The third-order valence-electron chi connectivity index (χ3n) is 4.92. The van der Waals surface area contributed by atoms with Crippen LogP contribution in [0.5, 0.6) is 5.75 Å². The first kappa shape index (κ1) is 22.7. The van der Waals surface area contributed by atoms with Gasteiger partial charge in [-0.1, -0.05) is 48.5 Å². The van der Waals surface area contributed by atoms with Gasteiger partial charge in [-0.25, -0.2) is 0 Å². The molecule has 7 heteroatoms. The zero-order chi connectivity index (χ0) is 22.9. The Bertz CT molecular complexity index is 1100. The second-order valence-electron chi connectivity index (χ2n) is 7.03. The van der Waals surface area contributed by atoms with Gasteiger partial charge in [0.15, 0.2) is 0 Å². The Hall–Kier alpha value is -4.00. The predicted octanol–water partition coefficient (Wildman–Crippen LogP) is 5.24. The summed E-state index contributed by atoms with van der Waals surface area (Å²) in [5.41, 5.74) is 3.05. The van der Waals surface area contributed by atoms with E-state index in [2.05, 4.69) is 4.99 Å². The molecule has 0 aliphatic carbocycles. The Balaban J connectivity index is 1.94. The molecule has 32 heavy (non-hydrogen) atoms. The molecule has 164 valence electrons. The number of hydrogen-bond acceptors (Lipinski definition) is 6. The second kappa shape index (κ2) is 10.9. The third kappa shape index (κ3) is 5.78. The van der Waals surface area contributed by atoms with E-state index in [1.807, 2.05) is 42.5 Å². The van der Waals surface area contributed by atoms with Crippen LogP contribution in [-0.2, 0) is 16.0 Å². The molecule has 0 amide bonds. The summed E-state index contributed by atoms with van der Waals surface area (Å²) in [6.45, 7) is 2.01. The molecule has 3 rings (SSSR count). The molecule has 0 radical (unpaired) electrons. The van der Waals surface area contributed by atoms with Crippen molar-refractivity contribution < 1.29 is 19.2 Å². The van der Waals surface area contributed by atoms with E-state index in [4.69, 9.17) is 9.47 Å². The summed E-state index contributed by atoms with van der Waals surface area (Å²) < 4.78 is 10.7. The molecule has 0 saturated heterocycles. The Kier molecular flexibility index (Phi) is 7.70. The highest BCUT2D eigenvalue weighted by Gasteiger charge is 2.24. The molecule has 0 spiro atoms. The number of ether oxygens (including phenoxy) is 2. The highest BCUT2D eigenvalue weighted by atomic mass is 16.6. The number of nitrogens with zero attached hydrogens (tertiary/aromatic N) is 2. The first-order valence-corrected chi connectivity index (χ1v) is 10.2. The number of hydrogen-bond donors (Lipinski definition) is 0. The first-order chi connectivity index (χ1) is 15.5. The fourth-order valence-electron chi connectivity index (χ4n) is 3.28. The van der Waals surface area contributed by atoms with E-state index in [-0.39, 0.29) is 18.3 Å². The zero-order valence-electron chi connectivity index (χ0n) is 17.9. The molecule has 1 atom stereocenters. The van der Waals surface area contributed by atoms with Crippen LogP contribution in [0.3, 0.4) is 0 Å². The van der Waals surface area contributed by atoms with E-state index in [9.17, 15) is 14.9 Å². The lowest BCUT2D eigenvalue weighted by molar-refractivity contribution is -0.384. The van der Waals surface area contributed by atoms with Crippen molar-refractivity contribution in [1.29, 1.82) is 0 Å². The standard InChI is InChI=1S/C25H24N2O5/c1-3-32-25(28)22(15-18-9-12-21(13-10-18)27(29)30)20-11-14-24(31-2)23(16-20)26-17-19-7-5-4-6-8-19/h4-14,16-17,22H,3,15H2,1-2H3. The van der Waals surface area contributed by atoms with Gasteiger partial charge in [0.1, 0.15) is 11.4 Å². The van der Waals surface area contributed by atoms with Crippen LogP contribution < -0.4 is 4.74 Å². The molecule has 0 bridgehead atoms. The quantitative estimate of drug-likeness (QED) is 0.199. The minimum atomic E-state index is -0.590. The molecule has 7 nitrogen and oxygen atoms in total. The average molecular weight is 432 g/mol. The monoisotopic (exact) mass is 432 g/mol. The Labute approximate surface area is 186 Å². The fraction of sp³-hybridized carbons (Fsp3) is 0.200. The summed E-state index contributed by atoms with van der Waals surface area (Å²) in [4.78, 5) is 27.8. The van der Waals surface area contributed by atoms with Crippen LogP contribution in [0.1, 0.15) is 29.5 Å². The van der Waals surface area contributed by atoms with Crippen LogP contribution in [0.15, 0.2) is 77.8 Å². The molecule has 3 aromatic rings. The van der Waals surface area contributed by atoms with Crippen LogP contribution in [0.2, 0.25) is 0 Å². The zero-order valence-corrected chi connectivity index (χ0v) is 17.9. The van der Waals surface area contributed by atoms with Gasteiger partial charge >= 0.3 is 5.97 Å². The molecule has 0 saturated carbocycles. The fourth-order valence-corrected chi connectivity index (χ4v) is 3.28. The maximum atomic E-state index is 12.8. The van der Waals surface area contributed by atoms with Gasteiger partial charge < -0.3 is 9.47 Å². The van der Waals surface area contributed by atoms with E-state index in [0.717, 1.165) is 16.7 Å². The summed E-state index contributed by atoms with van der Waals surface area (Å²) in [6.07, 6.45) is 2.07. The van der Waals surface area contributed by atoms with E-state index in [0.29, 0.717) is 17.9 Å². The Morgan fingerprint density at radius 2 is 1.81 bits per heavy atom. The third-order valence-corrected chi connectivity index (χ3v) is 4.92. The molecule has 0 heterocycles. The Morgan fingerprint density at radius 1 is 1.09 bits per heavy atom. The number of benzene rings is 3. The van der Waals surface area contributed by atoms with Crippen molar-refractivity contribution in [2.75, 3.05) is 13.7 Å². The van der Waals surface area contributed by atoms with E-state index < -0.39 is 10.8 Å². The van der Waals surface area contributed by atoms with Gasteiger partial charge in [-0.3, -0.25) is 19.9 Å². The summed E-state index contributed by atoms with van der Waals surface area (Å²) >= 11 is 0. The number of nitro groups is 1. The van der Waals surface area contributed by atoms with Crippen molar-refractivity contribution in [1.82, 2.24) is 0 Å². The van der Waals surface area contributed by atoms with Crippen molar-refractivity contribution in [3.05, 3.63) is 99.6 Å². The van der Waals surface area contributed by atoms with Crippen molar-refractivity contribution in [3.8, 4) is 5.75 Å². The number of non-ortho nitro benzene ring substituents is 1. The summed E-state index contributed by atoms with van der Waals surface area (Å²) in [6, 6.07) is 21.2. The largest absolute Gasteiger partial charge is 0.494 e. The predicted molar refractivity (Wildman–Crippen MR) is 123 cm³/mol. The highest BCUT2D eigenvalue weighted by molar-refractivity contribution is 5.83. The molecule has 0 aliphatic rings. The van der Waals surface area contributed by atoms with Crippen molar-refractivity contribution in [3.63, 3.8) is 0 Å². The summed E-state index contributed by atoms with van der Waals surface area (Å²) in [7, 11) is 1.57. The maximum absolute atomic E-state index is 12.8. The molecular weight excluding hydrogens is 408 g/mol. The van der Waals surface area contributed by atoms with Crippen LogP contribution in [-0.4, -0.2) is 30.8 Å².